The normalized spacial score (nSPS) is 20.2. The van der Waals surface area contributed by atoms with Crippen LogP contribution in [0.5, 0.6) is 0 Å². The first-order chi connectivity index (χ1) is 16.4. The third-order valence-electron chi connectivity index (χ3n) is 6.06. The molecule has 0 unspecified atom stereocenters. The number of benzene rings is 2. The fourth-order valence-corrected chi connectivity index (χ4v) is 4.40. The number of carbonyl (C=O) groups is 4. The van der Waals surface area contributed by atoms with Crippen molar-refractivity contribution in [3.8, 4) is 0 Å². The van der Waals surface area contributed by atoms with Gasteiger partial charge < -0.3 is 19.7 Å². The fraction of sp³-hybridized carbons (Fsp3) is 0.385. The maximum absolute atomic E-state index is 13.8. The van der Waals surface area contributed by atoms with Gasteiger partial charge in [0.25, 0.3) is 0 Å². The lowest BCUT2D eigenvalue weighted by Crippen LogP contribution is -2.46. The second kappa shape index (κ2) is 11.4. The summed E-state index contributed by atoms with van der Waals surface area (Å²) in [4.78, 5) is 53.3. The zero-order chi connectivity index (χ0) is 24.7. The Morgan fingerprint density at radius 2 is 1.47 bits per heavy atom. The minimum absolute atomic E-state index is 0.0781. The second-order valence-corrected chi connectivity index (χ2v) is 8.27. The van der Waals surface area contributed by atoms with Crippen LogP contribution < -0.4 is 5.32 Å². The van der Waals surface area contributed by atoms with Gasteiger partial charge in [0.15, 0.2) is 0 Å². The molecule has 1 heterocycles. The summed E-state index contributed by atoms with van der Waals surface area (Å²) < 4.78 is 9.94. The summed E-state index contributed by atoms with van der Waals surface area (Å²) >= 11 is 0. The molecule has 2 aromatic rings. The number of hydrogen-bond acceptors (Lipinski definition) is 6. The molecule has 2 aromatic carbocycles. The Kier molecular flexibility index (Phi) is 8.40. The zero-order valence-corrected chi connectivity index (χ0v) is 19.6. The van der Waals surface area contributed by atoms with E-state index >= 15 is 0 Å². The van der Waals surface area contributed by atoms with Crippen molar-refractivity contribution in [2.24, 2.45) is 17.8 Å². The Balaban J connectivity index is 1.94. The van der Waals surface area contributed by atoms with E-state index in [-0.39, 0.29) is 12.5 Å². The van der Waals surface area contributed by atoms with Gasteiger partial charge in [0.1, 0.15) is 12.0 Å². The Morgan fingerprint density at radius 1 is 0.941 bits per heavy atom. The predicted octanol–water partition coefficient (Wildman–Crippen LogP) is 2.32. The molecule has 2 amide bonds. The average Bonchev–Trinajstić information content (AvgIpc) is 3.20. The van der Waals surface area contributed by atoms with Crippen LogP contribution >= 0.6 is 0 Å². The molecule has 8 nitrogen and oxygen atoms in total. The van der Waals surface area contributed by atoms with Crippen molar-refractivity contribution in [3.05, 3.63) is 71.8 Å². The van der Waals surface area contributed by atoms with Crippen LogP contribution in [0, 0.1) is 17.8 Å². The monoisotopic (exact) mass is 466 g/mol. The molecule has 1 aliphatic heterocycles. The van der Waals surface area contributed by atoms with Gasteiger partial charge in [-0.05, 0) is 18.1 Å². The number of nitrogens with one attached hydrogen (secondary N) is 1. The number of amides is 2. The molecule has 0 spiro atoms. The Bertz CT molecular complexity index is 969. The van der Waals surface area contributed by atoms with E-state index in [4.69, 9.17) is 9.47 Å². The number of methoxy groups -OCH3 is 1. The third kappa shape index (κ3) is 5.62. The highest BCUT2D eigenvalue weighted by atomic mass is 16.5. The summed E-state index contributed by atoms with van der Waals surface area (Å²) in [5.41, 5.74) is 1.87. The quantitative estimate of drug-likeness (QED) is 0.450. The number of nitrogens with zero attached hydrogens (tertiary/aromatic N) is 1. The van der Waals surface area contributed by atoms with Crippen molar-refractivity contribution >= 4 is 23.8 Å². The minimum atomic E-state index is -1.28. The molecule has 4 atom stereocenters. The van der Waals surface area contributed by atoms with E-state index in [1.807, 2.05) is 60.7 Å². The van der Waals surface area contributed by atoms with Crippen molar-refractivity contribution in [3.63, 3.8) is 0 Å². The highest BCUT2D eigenvalue weighted by Crippen LogP contribution is 2.34. The standard InChI is InChI=1S/C26H30N2O6/c1-4-34-25(31)21-20(22(26(32)33-3)27-23(21)29)17(2)24(30)28(15-18-11-7-5-8-12-18)16-19-13-9-6-10-14-19/h5-14,17,20-22H,4,15-16H2,1-3H3,(H,27,29)/t17-,20-,21-,22-/m0/s1. The van der Waals surface area contributed by atoms with Gasteiger partial charge >= 0.3 is 11.9 Å². The lowest BCUT2D eigenvalue weighted by molar-refractivity contribution is -0.154. The molecule has 180 valence electrons. The molecule has 8 heteroatoms. The van der Waals surface area contributed by atoms with Crippen LogP contribution in [0.2, 0.25) is 0 Å². The van der Waals surface area contributed by atoms with E-state index in [1.165, 1.54) is 7.11 Å². The molecule has 1 saturated heterocycles. The first kappa shape index (κ1) is 25.0. The molecule has 0 aliphatic carbocycles. The summed E-state index contributed by atoms with van der Waals surface area (Å²) in [5.74, 6) is -5.45. The molecule has 1 aliphatic rings. The van der Waals surface area contributed by atoms with E-state index in [0.29, 0.717) is 13.1 Å². The van der Waals surface area contributed by atoms with E-state index in [2.05, 4.69) is 5.32 Å². The van der Waals surface area contributed by atoms with Gasteiger partial charge in [0.05, 0.1) is 13.7 Å². The van der Waals surface area contributed by atoms with E-state index in [0.717, 1.165) is 11.1 Å². The second-order valence-electron chi connectivity index (χ2n) is 8.27. The summed E-state index contributed by atoms with van der Waals surface area (Å²) in [5, 5.41) is 2.53. The Morgan fingerprint density at radius 3 is 1.94 bits per heavy atom. The van der Waals surface area contributed by atoms with Gasteiger partial charge in [0.2, 0.25) is 11.8 Å². The Labute approximate surface area is 199 Å². The van der Waals surface area contributed by atoms with E-state index in [1.54, 1.807) is 18.7 Å². The lowest BCUT2D eigenvalue weighted by atomic mass is 9.79. The molecule has 3 rings (SSSR count). The summed E-state index contributed by atoms with van der Waals surface area (Å²) in [6, 6.07) is 18.0. The maximum Gasteiger partial charge on any atom is 0.328 e. The number of esters is 2. The molecule has 34 heavy (non-hydrogen) atoms. The summed E-state index contributed by atoms with van der Waals surface area (Å²) in [7, 11) is 1.20. The van der Waals surface area contributed by atoms with Gasteiger partial charge in [-0.3, -0.25) is 14.4 Å². The van der Waals surface area contributed by atoms with Crippen LogP contribution in [0.15, 0.2) is 60.7 Å². The number of rotatable bonds is 9. The largest absolute Gasteiger partial charge is 0.467 e. The van der Waals surface area contributed by atoms with E-state index in [9.17, 15) is 19.2 Å². The van der Waals surface area contributed by atoms with Crippen LogP contribution in [-0.4, -0.2) is 48.4 Å². The van der Waals surface area contributed by atoms with Crippen LogP contribution in [-0.2, 0) is 41.7 Å². The van der Waals surface area contributed by atoms with E-state index < -0.39 is 41.6 Å². The molecular weight excluding hydrogens is 436 g/mol. The smallest absolute Gasteiger partial charge is 0.328 e. The molecule has 0 aromatic heterocycles. The summed E-state index contributed by atoms with van der Waals surface area (Å²) in [6.45, 7) is 4.01. The van der Waals surface area contributed by atoms with Crippen molar-refractivity contribution in [1.82, 2.24) is 10.2 Å². The van der Waals surface area contributed by atoms with Crippen LogP contribution in [0.1, 0.15) is 25.0 Å². The molecule has 0 bridgehead atoms. The molecular formula is C26H30N2O6. The summed E-state index contributed by atoms with van der Waals surface area (Å²) in [6.07, 6.45) is 0. The minimum Gasteiger partial charge on any atom is -0.467 e. The molecule has 1 N–H and O–H groups in total. The van der Waals surface area contributed by atoms with Crippen molar-refractivity contribution in [2.75, 3.05) is 13.7 Å². The van der Waals surface area contributed by atoms with Crippen molar-refractivity contribution in [2.45, 2.75) is 33.0 Å². The van der Waals surface area contributed by atoms with Gasteiger partial charge in [-0.2, -0.15) is 0 Å². The Hall–Kier alpha value is -3.68. The fourth-order valence-electron chi connectivity index (χ4n) is 4.40. The SMILES string of the molecule is CCOC(=O)[C@@H]1C(=O)N[C@H](C(=O)OC)[C@H]1[C@H](C)C(=O)N(Cc1ccccc1)Cc1ccccc1. The topological polar surface area (TPSA) is 102 Å². The van der Waals surface area contributed by atoms with Gasteiger partial charge in [-0.15, -0.1) is 0 Å². The molecule has 1 fully saturated rings. The highest BCUT2D eigenvalue weighted by molar-refractivity contribution is 6.04. The third-order valence-corrected chi connectivity index (χ3v) is 6.06. The van der Waals surface area contributed by atoms with Crippen molar-refractivity contribution in [1.29, 1.82) is 0 Å². The van der Waals surface area contributed by atoms with Gasteiger partial charge in [0, 0.05) is 24.9 Å². The van der Waals surface area contributed by atoms with Gasteiger partial charge in [-0.25, -0.2) is 4.79 Å². The molecule has 0 radical (unpaired) electrons. The first-order valence-electron chi connectivity index (χ1n) is 11.3. The number of ether oxygens (including phenoxy) is 2. The van der Waals surface area contributed by atoms with Gasteiger partial charge in [-0.1, -0.05) is 67.6 Å². The van der Waals surface area contributed by atoms with Crippen molar-refractivity contribution < 1.29 is 28.7 Å². The highest BCUT2D eigenvalue weighted by Gasteiger charge is 2.54. The van der Waals surface area contributed by atoms with Crippen LogP contribution in [0.4, 0.5) is 0 Å². The number of hydrogen-bond donors (Lipinski definition) is 1. The first-order valence-corrected chi connectivity index (χ1v) is 11.3. The van der Waals surface area contributed by atoms with Crippen LogP contribution in [0.25, 0.3) is 0 Å². The number of carbonyl (C=O) groups excluding carboxylic acids is 4. The lowest BCUT2D eigenvalue weighted by Gasteiger charge is -2.31. The predicted molar refractivity (Wildman–Crippen MR) is 124 cm³/mol. The molecule has 0 saturated carbocycles. The maximum atomic E-state index is 13.8. The zero-order valence-electron chi connectivity index (χ0n) is 19.6. The van der Waals surface area contributed by atoms with Crippen LogP contribution in [0.3, 0.4) is 0 Å². The average molecular weight is 467 g/mol.